The molecule has 2 aliphatic heterocycles. The molecular formula is C7H11N3. The third-order valence-corrected chi connectivity index (χ3v) is 1.90. The van der Waals surface area contributed by atoms with Gasteiger partial charge in [-0.3, -0.25) is 15.2 Å². The molecular weight excluding hydrogens is 126 g/mol. The largest absolute Gasteiger partial charge is 0.296 e. The van der Waals surface area contributed by atoms with E-state index in [-0.39, 0.29) is 0 Å². The summed E-state index contributed by atoms with van der Waals surface area (Å²) in [5, 5.41) is 3.34. The first-order chi connectivity index (χ1) is 4.97. The number of hydrogen-bond donors (Lipinski definition) is 1. The minimum Gasteiger partial charge on any atom is -0.296 e. The highest BCUT2D eigenvalue weighted by Crippen LogP contribution is 2.03. The van der Waals surface area contributed by atoms with Gasteiger partial charge in [-0.25, -0.2) is 0 Å². The molecule has 0 saturated carbocycles. The minimum absolute atomic E-state index is 0.384. The second-order valence-corrected chi connectivity index (χ2v) is 2.58. The van der Waals surface area contributed by atoms with Crippen LogP contribution in [0.15, 0.2) is 17.3 Å². The fourth-order valence-electron chi connectivity index (χ4n) is 1.35. The van der Waals surface area contributed by atoms with Crippen molar-refractivity contribution in [1.82, 2.24) is 10.2 Å². The van der Waals surface area contributed by atoms with Crippen LogP contribution >= 0.6 is 0 Å². The summed E-state index contributed by atoms with van der Waals surface area (Å²) in [6.45, 7) is 3.25. The van der Waals surface area contributed by atoms with Crippen molar-refractivity contribution >= 4 is 6.21 Å². The molecule has 3 heteroatoms. The molecule has 2 aliphatic rings. The van der Waals surface area contributed by atoms with Crippen LogP contribution < -0.4 is 5.32 Å². The van der Waals surface area contributed by atoms with Gasteiger partial charge in [0.1, 0.15) is 0 Å². The molecule has 2 rings (SSSR count). The third-order valence-electron chi connectivity index (χ3n) is 1.90. The van der Waals surface area contributed by atoms with Gasteiger partial charge in [-0.05, 0) is 0 Å². The number of nitrogens with zero attached hydrogens (tertiary/aromatic N) is 2. The lowest BCUT2D eigenvalue weighted by Gasteiger charge is -2.16. The molecule has 0 aromatic rings. The van der Waals surface area contributed by atoms with E-state index in [2.05, 4.69) is 21.3 Å². The molecule has 1 atom stereocenters. The van der Waals surface area contributed by atoms with E-state index >= 15 is 0 Å². The van der Waals surface area contributed by atoms with Crippen molar-refractivity contribution in [2.45, 2.75) is 6.17 Å². The van der Waals surface area contributed by atoms with Crippen molar-refractivity contribution in [3.05, 3.63) is 12.3 Å². The maximum Gasteiger partial charge on any atom is 0.0968 e. The summed E-state index contributed by atoms with van der Waals surface area (Å²) in [7, 11) is 0. The highest BCUT2D eigenvalue weighted by Gasteiger charge is 2.20. The number of aliphatic imine (C=N–C) groups is 1. The SMILES string of the molecule is C1=CN=CC2NCCN2C1. The Morgan fingerprint density at radius 3 is 3.60 bits per heavy atom. The predicted molar refractivity (Wildman–Crippen MR) is 41.0 cm³/mol. The van der Waals surface area contributed by atoms with E-state index in [1.807, 2.05) is 12.4 Å². The van der Waals surface area contributed by atoms with Crippen molar-refractivity contribution < 1.29 is 0 Å². The number of nitrogens with one attached hydrogen (secondary N) is 1. The van der Waals surface area contributed by atoms with E-state index in [9.17, 15) is 0 Å². The van der Waals surface area contributed by atoms with Crippen molar-refractivity contribution in [2.24, 2.45) is 4.99 Å². The molecule has 1 N–H and O–H groups in total. The third kappa shape index (κ3) is 0.978. The van der Waals surface area contributed by atoms with Gasteiger partial charge in [0.25, 0.3) is 0 Å². The first-order valence-electron chi connectivity index (χ1n) is 3.62. The topological polar surface area (TPSA) is 27.6 Å². The Kier molecular flexibility index (Phi) is 1.53. The first-order valence-corrected chi connectivity index (χ1v) is 3.62. The Balaban J connectivity index is 2.12. The van der Waals surface area contributed by atoms with Crippen LogP contribution in [-0.2, 0) is 0 Å². The summed E-state index contributed by atoms with van der Waals surface area (Å²) in [6.07, 6.45) is 6.29. The van der Waals surface area contributed by atoms with Crippen LogP contribution in [0.2, 0.25) is 0 Å². The smallest absolute Gasteiger partial charge is 0.0968 e. The lowest BCUT2D eigenvalue weighted by molar-refractivity contribution is 0.333. The second-order valence-electron chi connectivity index (χ2n) is 2.58. The highest BCUT2D eigenvalue weighted by molar-refractivity contribution is 5.65. The van der Waals surface area contributed by atoms with E-state index in [0.717, 1.165) is 19.6 Å². The van der Waals surface area contributed by atoms with Gasteiger partial charge < -0.3 is 0 Å². The molecule has 0 bridgehead atoms. The van der Waals surface area contributed by atoms with Gasteiger partial charge in [-0.15, -0.1) is 0 Å². The molecule has 0 spiro atoms. The Hall–Kier alpha value is -0.670. The molecule has 0 amide bonds. The summed E-state index contributed by atoms with van der Waals surface area (Å²) < 4.78 is 0. The lowest BCUT2D eigenvalue weighted by atomic mass is 10.4. The molecule has 0 aromatic heterocycles. The van der Waals surface area contributed by atoms with Crippen LogP contribution in [0.5, 0.6) is 0 Å². The number of rotatable bonds is 0. The Morgan fingerprint density at radius 2 is 2.60 bits per heavy atom. The van der Waals surface area contributed by atoms with Crippen molar-refractivity contribution in [3.63, 3.8) is 0 Å². The second kappa shape index (κ2) is 2.52. The molecule has 1 unspecified atom stereocenters. The zero-order chi connectivity index (χ0) is 6.81. The molecule has 1 fully saturated rings. The van der Waals surface area contributed by atoms with Gasteiger partial charge in [-0.2, -0.15) is 0 Å². The summed E-state index contributed by atoms with van der Waals surface area (Å²) in [6, 6.07) is 0. The molecule has 0 radical (unpaired) electrons. The average Bonchev–Trinajstić information content (AvgIpc) is 2.28. The van der Waals surface area contributed by atoms with Crippen LogP contribution in [0.25, 0.3) is 0 Å². The first kappa shape index (κ1) is 6.07. The molecule has 3 nitrogen and oxygen atoms in total. The van der Waals surface area contributed by atoms with Crippen LogP contribution in [-0.4, -0.2) is 36.9 Å². The van der Waals surface area contributed by atoms with Crippen LogP contribution in [0.1, 0.15) is 0 Å². The molecule has 1 saturated heterocycles. The Labute approximate surface area is 60.4 Å². The number of fused-ring (bicyclic) bond motifs is 1. The highest BCUT2D eigenvalue weighted by atomic mass is 15.3. The van der Waals surface area contributed by atoms with Crippen LogP contribution in [0, 0.1) is 0 Å². The van der Waals surface area contributed by atoms with E-state index in [1.165, 1.54) is 0 Å². The molecule has 2 heterocycles. The van der Waals surface area contributed by atoms with Gasteiger partial charge in [-0.1, -0.05) is 6.08 Å². The van der Waals surface area contributed by atoms with Gasteiger partial charge >= 0.3 is 0 Å². The van der Waals surface area contributed by atoms with E-state index in [1.54, 1.807) is 0 Å². The lowest BCUT2D eigenvalue weighted by Crippen LogP contribution is -2.36. The molecule has 0 aliphatic carbocycles. The standard InChI is InChI=1S/C7H11N3/c1-2-8-6-7-9-3-5-10(7)4-1/h1-2,6-7,9H,3-5H2. The Bertz CT molecular complexity index is 174. The van der Waals surface area contributed by atoms with Crippen LogP contribution in [0.4, 0.5) is 0 Å². The summed E-state index contributed by atoms with van der Waals surface area (Å²) in [5.41, 5.74) is 0. The van der Waals surface area contributed by atoms with Gasteiger partial charge in [0.2, 0.25) is 0 Å². The van der Waals surface area contributed by atoms with E-state index in [4.69, 9.17) is 0 Å². The van der Waals surface area contributed by atoms with Crippen molar-refractivity contribution in [1.29, 1.82) is 0 Å². The van der Waals surface area contributed by atoms with Crippen molar-refractivity contribution in [3.8, 4) is 0 Å². The molecule has 54 valence electrons. The van der Waals surface area contributed by atoms with Gasteiger partial charge in [0.15, 0.2) is 0 Å². The zero-order valence-electron chi connectivity index (χ0n) is 5.83. The maximum atomic E-state index is 4.10. The quantitative estimate of drug-likeness (QED) is 0.501. The Morgan fingerprint density at radius 1 is 1.60 bits per heavy atom. The van der Waals surface area contributed by atoms with Crippen molar-refractivity contribution in [2.75, 3.05) is 19.6 Å². The van der Waals surface area contributed by atoms with Gasteiger partial charge in [0.05, 0.1) is 6.17 Å². The molecule has 0 aromatic carbocycles. The minimum atomic E-state index is 0.384. The maximum absolute atomic E-state index is 4.10. The predicted octanol–water partition coefficient (Wildman–Crippen LogP) is -0.184. The summed E-state index contributed by atoms with van der Waals surface area (Å²) >= 11 is 0. The number of hydrogen-bond acceptors (Lipinski definition) is 3. The fourth-order valence-corrected chi connectivity index (χ4v) is 1.35. The summed E-state index contributed by atoms with van der Waals surface area (Å²) in [5.74, 6) is 0. The van der Waals surface area contributed by atoms with Crippen LogP contribution in [0.3, 0.4) is 0 Å². The normalized spacial score (nSPS) is 32.2. The summed E-state index contributed by atoms with van der Waals surface area (Å²) in [4.78, 5) is 6.46. The van der Waals surface area contributed by atoms with E-state index in [0.29, 0.717) is 6.17 Å². The fraction of sp³-hybridized carbons (Fsp3) is 0.571. The van der Waals surface area contributed by atoms with E-state index < -0.39 is 0 Å². The zero-order valence-corrected chi connectivity index (χ0v) is 5.83. The monoisotopic (exact) mass is 137 g/mol. The average molecular weight is 137 g/mol. The molecule has 10 heavy (non-hydrogen) atoms. The van der Waals surface area contributed by atoms with Gasteiger partial charge in [0, 0.05) is 32.0 Å².